The third-order valence-electron chi connectivity index (χ3n) is 5.92. The Hall–Kier alpha value is -3.43. The van der Waals surface area contributed by atoms with Crippen LogP contribution in [0.25, 0.3) is 11.1 Å². The molecule has 9 heteroatoms. The van der Waals surface area contributed by atoms with Gasteiger partial charge in [0.1, 0.15) is 6.61 Å². The van der Waals surface area contributed by atoms with Gasteiger partial charge < -0.3 is 30.0 Å². The fourth-order valence-electron chi connectivity index (χ4n) is 4.24. The molecule has 1 aliphatic rings. The van der Waals surface area contributed by atoms with Gasteiger partial charge in [0.25, 0.3) is 0 Å². The first kappa shape index (κ1) is 26.2. The average molecular weight is 485 g/mol. The molecular weight excluding hydrogens is 452 g/mol. The van der Waals surface area contributed by atoms with E-state index in [0.29, 0.717) is 6.61 Å². The van der Waals surface area contributed by atoms with Crippen molar-refractivity contribution in [2.45, 2.75) is 37.9 Å². The molecule has 2 aromatic rings. The fraction of sp³-hybridized carbons (Fsp3) is 0.423. The molecule has 2 amide bonds. The number of carboxylic acid groups (broad SMARTS) is 1. The van der Waals surface area contributed by atoms with Crippen LogP contribution in [-0.2, 0) is 23.8 Å². The van der Waals surface area contributed by atoms with E-state index >= 15 is 0 Å². The first-order valence-corrected chi connectivity index (χ1v) is 11.7. The van der Waals surface area contributed by atoms with Gasteiger partial charge in [-0.05, 0) is 29.2 Å². The maximum atomic E-state index is 12.4. The highest BCUT2D eigenvalue weighted by Gasteiger charge is 2.29. The molecule has 0 radical (unpaired) electrons. The molecule has 0 saturated heterocycles. The lowest BCUT2D eigenvalue weighted by atomic mass is 9.98. The smallest absolute Gasteiger partial charge is 0.407 e. The zero-order valence-corrected chi connectivity index (χ0v) is 20.0. The van der Waals surface area contributed by atoms with Crippen LogP contribution < -0.4 is 10.6 Å². The van der Waals surface area contributed by atoms with E-state index in [4.69, 9.17) is 19.3 Å². The lowest BCUT2D eigenvalue weighted by Gasteiger charge is -2.19. The predicted octanol–water partition coefficient (Wildman–Crippen LogP) is 2.93. The van der Waals surface area contributed by atoms with Gasteiger partial charge in [-0.25, -0.2) is 9.59 Å². The van der Waals surface area contributed by atoms with Gasteiger partial charge in [0.2, 0.25) is 5.91 Å². The predicted molar refractivity (Wildman–Crippen MR) is 129 cm³/mol. The van der Waals surface area contributed by atoms with Crippen molar-refractivity contribution >= 4 is 18.0 Å². The Labute approximate surface area is 204 Å². The van der Waals surface area contributed by atoms with E-state index in [0.717, 1.165) is 22.3 Å². The standard InChI is InChI=1S/C26H32N2O7/c1-3-34-17(14-24(29)27-13-12-23(33-2)25(30)31)15-28-26(32)35-16-22-20-10-6-4-8-18(20)19-9-5-7-11-21(19)22/h4-11,17,22-23H,3,12-16H2,1-2H3,(H,27,29)(H,28,32)(H,30,31). The van der Waals surface area contributed by atoms with Crippen molar-refractivity contribution in [3.63, 3.8) is 0 Å². The number of carbonyl (C=O) groups excluding carboxylic acids is 2. The minimum absolute atomic E-state index is 0.0161. The Balaban J connectivity index is 1.46. The van der Waals surface area contributed by atoms with Crippen LogP contribution in [0.1, 0.15) is 36.8 Å². The Morgan fingerprint density at radius 2 is 1.63 bits per heavy atom. The minimum atomic E-state index is -1.08. The molecule has 3 N–H and O–H groups in total. The van der Waals surface area contributed by atoms with Gasteiger partial charge in [-0.1, -0.05) is 48.5 Å². The number of carbonyl (C=O) groups is 3. The summed E-state index contributed by atoms with van der Waals surface area (Å²) in [5, 5.41) is 14.3. The second kappa shape index (κ2) is 12.9. The van der Waals surface area contributed by atoms with Crippen molar-refractivity contribution in [1.29, 1.82) is 0 Å². The second-order valence-corrected chi connectivity index (χ2v) is 8.19. The summed E-state index contributed by atoms with van der Waals surface area (Å²) >= 11 is 0. The molecule has 0 spiro atoms. The third-order valence-corrected chi connectivity index (χ3v) is 5.92. The number of methoxy groups -OCH3 is 1. The molecule has 0 bridgehead atoms. The molecule has 0 fully saturated rings. The number of rotatable bonds is 13. The highest BCUT2D eigenvalue weighted by Crippen LogP contribution is 2.44. The number of amides is 2. The molecule has 9 nitrogen and oxygen atoms in total. The Morgan fingerprint density at radius 3 is 2.20 bits per heavy atom. The van der Waals surface area contributed by atoms with E-state index in [2.05, 4.69) is 34.9 Å². The number of carboxylic acids is 1. The Kier molecular flexibility index (Phi) is 9.63. The van der Waals surface area contributed by atoms with Crippen molar-refractivity contribution in [2.24, 2.45) is 0 Å². The van der Waals surface area contributed by atoms with Crippen LogP contribution >= 0.6 is 0 Å². The monoisotopic (exact) mass is 484 g/mol. The molecule has 0 saturated carbocycles. The number of nitrogens with one attached hydrogen (secondary N) is 2. The third kappa shape index (κ3) is 7.03. The van der Waals surface area contributed by atoms with Gasteiger partial charge in [0, 0.05) is 39.1 Å². The van der Waals surface area contributed by atoms with Gasteiger partial charge in [-0.15, -0.1) is 0 Å². The number of alkyl carbamates (subject to hydrolysis) is 1. The topological polar surface area (TPSA) is 123 Å². The molecule has 0 aliphatic heterocycles. The number of benzene rings is 2. The van der Waals surface area contributed by atoms with E-state index in [1.54, 1.807) is 6.92 Å². The van der Waals surface area contributed by atoms with Gasteiger partial charge in [0.05, 0.1) is 12.5 Å². The maximum Gasteiger partial charge on any atom is 0.407 e. The summed E-state index contributed by atoms with van der Waals surface area (Å²) < 4.78 is 15.9. The number of aliphatic carboxylic acids is 1. The van der Waals surface area contributed by atoms with Crippen LogP contribution in [0.2, 0.25) is 0 Å². The maximum absolute atomic E-state index is 12.4. The molecule has 1 aliphatic carbocycles. The van der Waals surface area contributed by atoms with Crippen LogP contribution in [0.4, 0.5) is 4.79 Å². The van der Waals surface area contributed by atoms with Crippen molar-refractivity contribution in [1.82, 2.24) is 10.6 Å². The van der Waals surface area contributed by atoms with E-state index in [1.165, 1.54) is 7.11 Å². The van der Waals surface area contributed by atoms with E-state index in [1.807, 2.05) is 24.3 Å². The number of ether oxygens (including phenoxy) is 3. The summed E-state index contributed by atoms with van der Waals surface area (Å²) in [4.78, 5) is 35.6. The van der Waals surface area contributed by atoms with Crippen LogP contribution in [0.15, 0.2) is 48.5 Å². The number of hydrogen-bond donors (Lipinski definition) is 3. The summed E-state index contributed by atoms with van der Waals surface area (Å²) in [6, 6.07) is 16.2. The fourth-order valence-corrected chi connectivity index (χ4v) is 4.24. The van der Waals surface area contributed by atoms with Crippen LogP contribution in [-0.4, -0.2) is 68.7 Å². The molecule has 3 rings (SSSR count). The molecule has 2 aromatic carbocycles. The molecular formula is C26H32N2O7. The first-order chi connectivity index (χ1) is 16.9. The summed E-state index contributed by atoms with van der Waals surface area (Å²) in [5.74, 6) is -1.43. The van der Waals surface area contributed by atoms with E-state index in [9.17, 15) is 14.4 Å². The molecule has 35 heavy (non-hydrogen) atoms. The summed E-state index contributed by atoms with van der Waals surface area (Å²) in [7, 11) is 1.31. The lowest BCUT2D eigenvalue weighted by Crippen LogP contribution is -2.39. The van der Waals surface area contributed by atoms with E-state index < -0.39 is 24.3 Å². The summed E-state index contributed by atoms with van der Waals surface area (Å²) in [6.45, 7) is 2.63. The highest BCUT2D eigenvalue weighted by molar-refractivity contribution is 5.79. The van der Waals surface area contributed by atoms with Crippen molar-refractivity contribution in [3.8, 4) is 11.1 Å². The molecule has 2 atom stereocenters. The SMILES string of the molecule is CCOC(CNC(=O)OCC1c2ccccc2-c2ccccc21)CC(=O)NCCC(OC)C(=O)O. The number of fused-ring (bicyclic) bond motifs is 3. The summed E-state index contributed by atoms with van der Waals surface area (Å²) in [6.07, 6.45) is -1.94. The normalized spacial score (nSPS) is 13.9. The molecule has 188 valence electrons. The molecule has 0 heterocycles. The first-order valence-electron chi connectivity index (χ1n) is 11.7. The Morgan fingerprint density at radius 1 is 1.00 bits per heavy atom. The van der Waals surface area contributed by atoms with Crippen molar-refractivity contribution in [3.05, 3.63) is 59.7 Å². The van der Waals surface area contributed by atoms with Gasteiger partial charge in [-0.3, -0.25) is 4.79 Å². The van der Waals surface area contributed by atoms with Gasteiger partial charge in [0.15, 0.2) is 6.10 Å². The van der Waals surface area contributed by atoms with Crippen LogP contribution in [0, 0.1) is 0 Å². The van der Waals surface area contributed by atoms with Gasteiger partial charge in [-0.2, -0.15) is 0 Å². The molecule has 0 aromatic heterocycles. The van der Waals surface area contributed by atoms with Crippen LogP contribution in [0.3, 0.4) is 0 Å². The average Bonchev–Trinajstić information content (AvgIpc) is 3.17. The lowest BCUT2D eigenvalue weighted by molar-refractivity contribution is -0.149. The van der Waals surface area contributed by atoms with Crippen molar-refractivity contribution < 1.29 is 33.7 Å². The minimum Gasteiger partial charge on any atom is -0.479 e. The van der Waals surface area contributed by atoms with Gasteiger partial charge >= 0.3 is 12.1 Å². The zero-order chi connectivity index (χ0) is 25.2. The summed E-state index contributed by atoms with van der Waals surface area (Å²) in [5.41, 5.74) is 4.56. The van der Waals surface area contributed by atoms with Crippen LogP contribution in [0.5, 0.6) is 0 Å². The zero-order valence-electron chi connectivity index (χ0n) is 20.0. The number of hydrogen-bond acceptors (Lipinski definition) is 6. The highest BCUT2D eigenvalue weighted by atomic mass is 16.5. The molecule has 2 unspecified atom stereocenters. The van der Waals surface area contributed by atoms with E-state index in [-0.39, 0.29) is 44.4 Å². The largest absolute Gasteiger partial charge is 0.479 e. The quantitative estimate of drug-likeness (QED) is 0.399. The van der Waals surface area contributed by atoms with Crippen molar-refractivity contribution in [2.75, 3.05) is 33.4 Å². The Bertz CT molecular complexity index is 981. The second-order valence-electron chi connectivity index (χ2n) is 8.19.